The van der Waals surface area contributed by atoms with E-state index < -0.39 is 5.60 Å². The molecular formula is C24H34N4O3. The second kappa shape index (κ2) is 6.26. The molecule has 7 heteroatoms. The van der Waals surface area contributed by atoms with Crippen molar-refractivity contribution in [1.29, 1.82) is 0 Å². The molecule has 168 valence electrons. The second-order valence-electron chi connectivity index (χ2n) is 11.7. The van der Waals surface area contributed by atoms with E-state index in [2.05, 4.69) is 10.00 Å². The largest absolute Gasteiger partial charge is 0.444 e. The predicted octanol–water partition coefficient (Wildman–Crippen LogP) is 3.46. The van der Waals surface area contributed by atoms with Crippen LogP contribution in [0.25, 0.3) is 0 Å². The molecule has 4 saturated carbocycles. The number of hydrogen-bond acceptors (Lipinski definition) is 4. The lowest BCUT2D eigenvalue weighted by atomic mass is 9.35. The lowest BCUT2D eigenvalue weighted by molar-refractivity contribution is -0.225. The van der Waals surface area contributed by atoms with E-state index in [1.54, 1.807) is 4.90 Å². The predicted molar refractivity (Wildman–Crippen MR) is 115 cm³/mol. The second-order valence-corrected chi connectivity index (χ2v) is 11.7. The minimum atomic E-state index is -0.543. The highest BCUT2D eigenvalue weighted by Gasteiger charge is 2.72. The zero-order chi connectivity index (χ0) is 21.6. The molecule has 6 aliphatic rings. The highest BCUT2D eigenvalue weighted by molar-refractivity contribution is 5.80. The molecule has 4 aliphatic carbocycles. The van der Waals surface area contributed by atoms with Gasteiger partial charge < -0.3 is 10.1 Å². The number of ether oxygens (including phenoxy) is 1. The summed E-state index contributed by atoms with van der Waals surface area (Å²) >= 11 is 0. The van der Waals surface area contributed by atoms with Gasteiger partial charge in [0.2, 0.25) is 5.91 Å². The molecule has 2 aliphatic heterocycles. The first-order chi connectivity index (χ1) is 14.7. The fraction of sp³-hybridized carbons (Fsp3) is 0.792. The molecule has 0 saturated heterocycles. The van der Waals surface area contributed by atoms with E-state index in [1.807, 2.05) is 20.8 Å². The van der Waals surface area contributed by atoms with Crippen molar-refractivity contribution in [1.82, 2.24) is 20.0 Å². The number of aromatic nitrogens is 2. The lowest BCUT2D eigenvalue weighted by Gasteiger charge is -2.73. The van der Waals surface area contributed by atoms with E-state index in [1.165, 1.54) is 50.6 Å². The summed E-state index contributed by atoms with van der Waals surface area (Å²) in [7, 11) is 0. The first kappa shape index (κ1) is 19.6. The monoisotopic (exact) mass is 426 g/mol. The third-order valence-corrected chi connectivity index (χ3v) is 8.56. The molecule has 0 spiro atoms. The van der Waals surface area contributed by atoms with Gasteiger partial charge in [0.15, 0.2) is 0 Å². The van der Waals surface area contributed by atoms with Gasteiger partial charge in [0.25, 0.3) is 0 Å². The maximum Gasteiger partial charge on any atom is 0.410 e. The van der Waals surface area contributed by atoms with Crippen LogP contribution in [0.4, 0.5) is 4.79 Å². The molecule has 1 aromatic heterocycles. The summed E-state index contributed by atoms with van der Waals surface area (Å²) in [6.45, 7) is 6.71. The van der Waals surface area contributed by atoms with Gasteiger partial charge in [-0.3, -0.25) is 14.4 Å². The Labute approximate surface area is 183 Å². The minimum absolute atomic E-state index is 0.00832. The molecule has 1 aromatic rings. The van der Waals surface area contributed by atoms with Crippen LogP contribution in [0.15, 0.2) is 0 Å². The Kier molecular flexibility index (Phi) is 3.96. The van der Waals surface area contributed by atoms with E-state index in [9.17, 15) is 9.59 Å². The molecular weight excluding hydrogens is 392 g/mol. The molecule has 7 nitrogen and oxygen atoms in total. The fourth-order valence-electron chi connectivity index (χ4n) is 7.38. The van der Waals surface area contributed by atoms with Crippen molar-refractivity contribution >= 4 is 12.0 Å². The fourth-order valence-corrected chi connectivity index (χ4v) is 7.38. The Morgan fingerprint density at radius 1 is 1.19 bits per heavy atom. The quantitative estimate of drug-likeness (QED) is 0.786. The van der Waals surface area contributed by atoms with Crippen LogP contribution in [-0.4, -0.2) is 45.4 Å². The van der Waals surface area contributed by atoms with Gasteiger partial charge in [-0.1, -0.05) is 12.8 Å². The van der Waals surface area contributed by atoms with Crippen molar-refractivity contribution in [2.75, 3.05) is 13.1 Å². The summed E-state index contributed by atoms with van der Waals surface area (Å²) in [6.07, 6.45) is 10.2. The molecule has 1 unspecified atom stereocenters. The summed E-state index contributed by atoms with van der Waals surface area (Å²) in [5.41, 5.74) is 3.42. The van der Waals surface area contributed by atoms with Crippen molar-refractivity contribution in [2.45, 2.75) is 95.7 Å². The summed E-state index contributed by atoms with van der Waals surface area (Å²) in [4.78, 5) is 27.2. The molecule has 7 rings (SSSR count). The van der Waals surface area contributed by atoms with E-state index in [0.717, 1.165) is 23.6 Å². The molecule has 2 amide bonds. The third kappa shape index (κ3) is 2.80. The summed E-state index contributed by atoms with van der Waals surface area (Å²) in [6, 6.07) is -0.190. The van der Waals surface area contributed by atoms with Crippen molar-refractivity contribution in [2.24, 2.45) is 11.3 Å². The Bertz CT molecular complexity index is 933. The zero-order valence-electron chi connectivity index (χ0n) is 19.0. The number of nitrogens with zero attached hydrogens (tertiary/aromatic N) is 3. The zero-order valence-corrected chi connectivity index (χ0v) is 19.0. The van der Waals surface area contributed by atoms with Crippen molar-refractivity contribution in [3.63, 3.8) is 0 Å². The van der Waals surface area contributed by atoms with Crippen molar-refractivity contribution in [3.05, 3.63) is 17.0 Å². The Balaban J connectivity index is 1.31. The van der Waals surface area contributed by atoms with Crippen LogP contribution < -0.4 is 5.32 Å². The first-order valence-corrected chi connectivity index (χ1v) is 12.1. The van der Waals surface area contributed by atoms with Gasteiger partial charge in [-0.2, -0.15) is 5.10 Å². The van der Waals surface area contributed by atoms with Crippen LogP contribution in [0.5, 0.6) is 0 Å². The van der Waals surface area contributed by atoms with Crippen molar-refractivity contribution < 1.29 is 14.3 Å². The highest BCUT2D eigenvalue weighted by Crippen LogP contribution is 2.76. The SMILES string of the molecule is CC(C)(C)OC(=O)N1CCc2c3c(nn2C24CC(C5CCCC5)(C2)C4)CC(=O)NCC31. The van der Waals surface area contributed by atoms with Crippen LogP contribution in [-0.2, 0) is 27.9 Å². The van der Waals surface area contributed by atoms with Gasteiger partial charge in [-0.15, -0.1) is 0 Å². The Hall–Kier alpha value is -2.05. The number of carbonyl (C=O) groups excluding carboxylic acids is 2. The smallest absolute Gasteiger partial charge is 0.410 e. The van der Waals surface area contributed by atoms with Crippen LogP contribution in [0.3, 0.4) is 0 Å². The summed E-state index contributed by atoms with van der Waals surface area (Å²) < 4.78 is 8.00. The average Bonchev–Trinajstić information content (AvgIpc) is 3.22. The van der Waals surface area contributed by atoms with Crippen LogP contribution in [0.2, 0.25) is 0 Å². The number of carbonyl (C=O) groups is 2. The minimum Gasteiger partial charge on any atom is -0.444 e. The maximum absolute atomic E-state index is 13.0. The molecule has 2 bridgehead atoms. The first-order valence-electron chi connectivity index (χ1n) is 12.1. The van der Waals surface area contributed by atoms with Gasteiger partial charge in [0.05, 0.1) is 23.7 Å². The average molecular weight is 427 g/mol. The van der Waals surface area contributed by atoms with Crippen LogP contribution in [0.1, 0.15) is 88.7 Å². The van der Waals surface area contributed by atoms with Gasteiger partial charge in [0.1, 0.15) is 5.60 Å². The van der Waals surface area contributed by atoms with Crippen LogP contribution in [0, 0.1) is 11.3 Å². The number of amides is 2. The summed E-state index contributed by atoms with van der Waals surface area (Å²) in [5.74, 6) is 0.909. The topological polar surface area (TPSA) is 76.5 Å². The normalized spacial score (nSPS) is 34.4. The number of hydrogen-bond donors (Lipinski definition) is 1. The van der Waals surface area contributed by atoms with Crippen LogP contribution >= 0.6 is 0 Å². The van der Waals surface area contributed by atoms with E-state index in [-0.39, 0.29) is 23.6 Å². The molecule has 0 radical (unpaired) electrons. The molecule has 4 fully saturated rings. The van der Waals surface area contributed by atoms with Gasteiger partial charge >= 0.3 is 6.09 Å². The molecule has 0 aromatic carbocycles. The lowest BCUT2D eigenvalue weighted by Crippen LogP contribution is -2.70. The van der Waals surface area contributed by atoms with Gasteiger partial charge in [-0.25, -0.2) is 4.79 Å². The van der Waals surface area contributed by atoms with Crippen molar-refractivity contribution in [3.8, 4) is 0 Å². The van der Waals surface area contributed by atoms with E-state index >= 15 is 0 Å². The molecule has 31 heavy (non-hydrogen) atoms. The van der Waals surface area contributed by atoms with E-state index in [0.29, 0.717) is 24.9 Å². The van der Waals surface area contributed by atoms with E-state index in [4.69, 9.17) is 9.84 Å². The Morgan fingerprint density at radius 2 is 1.90 bits per heavy atom. The maximum atomic E-state index is 13.0. The highest BCUT2D eigenvalue weighted by atomic mass is 16.6. The standard InChI is InChI=1S/C24H34N4O3/c1-22(2,3)31-21(30)27-9-8-17-20-16(10-19(29)25-11-18(20)27)26-28(17)24-12-23(13-24,14-24)15-6-4-5-7-15/h15,18H,4-14H2,1-3H3,(H,25,29). The third-order valence-electron chi connectivity index (χ3n) is 8.56. The molecule has 1 atom stereocenters. The van der Waals surface area contributed by atoms with Gasteiger partial charge in [-0.05, 0) is 64.2 Å². The molecule has 3 heterocycles. The summed E-state index contributed by atoms with van der Waals surface area (Å²) in [5, 5.41) is 8.05. The van der Waals surface area contributed by atoms with Gasteiger partial charge in [0, 0.05) is 30.8 Å². The number of nitrogens with one attached hydrogen (secondary N) is 1. The Morgan fingerprint density at radius 3 is 2.58 bits per heavy atom. The number of rotatable bonds is 2. The molecule has 1 N–H and O–H groups in total.